The molecule has 1 saturated carbocycles. The molecule has 33 heavy (non-hydrogen) atoms. The van der Waals surface area contributed by atoms with Crippen LogP contribution in [0.1, 0.15) is 10.4 Å². The van der Waals surface area contributed by atoms with Crippen LogP contribution in [0.5, 0.6) is 0 Å². The van der Waals surface area contributed by atoms with Gasteiger partial charge in [-0.05, 0) is 18.2 Å². The summed E-state index contributed by atoms with van der Waals surface area (Å²) in [6.45, 7) is -0.763. The zero-order valence-corrected chi connectivity index (χ0v) is 17.4. The molecule has 2 saturated heterocycles. The Morgan fingerprint density at radius 3 is 2.48 bits per heavy atom. The number of aliphatic hydroxyl groups is 5. The highest BCUT2D eigenvalue weighted by Gasteiger charge is 2.76. The van der Waals surface area contributed by atoms with Gasteiger partial charge in [0.2, 0.25) is 6.29 Å². The van der Waals surface area contributed by atoms with Crippen LogP contribution >= 0.6 is 0 Å². The minimum absolute atomic E-state index is 0.157. The van der Waals surface area contributed by atoms with Crippen molar-refractivity contribution in [2.45, 2.75) is 54.8 Å². The maximum atomic E-state index is 12.4. The maximum absolute atomic E-state index is 12.4. The minimum atomic E-state index is -1.62. The Hall–Kier alpha value is -2.09. The fourth-order valence-corrected chi connectivity index (χ4v) is 4.99. The van der Waals surface area contributed by atoms with Gasteiger partial charge in [-0.3, -0.25) is 0 Å². The molecule has 3 aliphatic heterocycles. The van der Waals surface area contributed by atoms with Crippen molar-refractivity contribution in [3.8, 4) is 0 Å². The zero-order chi connectivity index (χ0) is 23.3. The lowest BCUT2D eigenvalue weighted by molar-refractivity contribution is -0.344. The van der Waals surface area contributed by atoms with Crippen LogP contribution in [0.15, 0.2) is 42.7 Å². The number of ether oxygens (including phenoxy) is 5. The van der Waals surface area contributed by atoms with Gasteiger partial charge >= 0.3 is 5.97 Å². The summed E-state index contributed by atoms with van der Waals surface area (Å²) in [5, 5.41) is 50.4. The molecule has 3 heterocycles. The van der Waals surface area contributed by atoms with Crippen molar-refractivity contribution in [3.63, 3.8) is 0 Å². The summed E-state index contributed by atoms with van der Waals surface area (Å²) in [5.74, 6) is -1.61. The van der Waals surface area contributed by atoms with E-state index in [1.54, 1.807) is 36.4 Å². The van der Waals surface area contributed by atoms with E-state index in [9.17, 15) is 30.3 Å². The van der Waals surface area contributed by atoms with Crippen molar-refractivity contribution in [1.29, 1.82) is 0 Å². The van der Waals surface area contributed by atoms with E-state index in [2.05, 4.69) is 0 Å². The largest absolute Gasteiger partial charge is 0.472 e. The molecule has 5 rings (SSSR count). The number of hydrogen-bond donors (Lipinski definition) is 5. The summed E-state index contributed by atoms with van der Waals surface area (Å²) < 4.78 is 28.1. The second-order valence-corrected chi connectivity index (χ2v) is 8.70. The van der Waals surface area contributed by atoms with Gasteiger partial charge in [0.25, 0.3) is 0 Å². The van der Waals surface area contributed by atoms with Crippen molar-refractivity contribution in [3.05, 3.63) is 48.2 Å². The molecule has 0 radical (unpaired) electrons. The zero-order valence-electron chi connectivity index (χ0n) is 17.4. The van der Waals surface area contributed by atoms with Gasteiger partial charge in [-0.25, -0.2) is 4.79 Å². The second kappa shape index (κ2) is 8.60. The first-order valence-electron chi connectivity index (χ1n) is 10.7. The Morgan fingerprint density at radius 1 is 1.00 bits per heavy atom. The SMILES string of the molecule is O=C(OCC12OC1C(O)C1C=COC(OC3OC(CO)C(O)C(O)C3O)C12)c1ccccc1. The Kier molecular flexibility index (Phi) is 5.91. The quantitative estimate of drug-likeness (QED) is 0.239. The van der Waals surface area contributed by atoms with Crippen LogP contribution in [0, 0.1) is 11.8 Å². The third-order valence-electron chi connectivity index (χ3n) is 6.82. The van der Waals surface area contributed by atoms with E-state index in [1.807, 2.05) is 0 Å². The van der Waals surface area contributed by atoms with E-state index >= 15 is 0 Å². The lowest BCUT2D eigenvalue weighted by atomic mass is 9.85. The molecule has 0 spiro atoms. The van der Waals surface area contributed by atoms with E-state index in [0.29, 0.717) is 5.56 Å². The molecule has 11 nitrogen and oxygen atoms in total. The van der Waals surface area contributed by atoms with Crippen LogP contribution in [0.3, 0.4) is 0 Å². The summed E-state index contributed by atoms with van der Waals surface area (Å²) in [6, 6.07) is 8.44. The molecule has 4 aliphatic rings. The monoisotopic (exact) mass is 466 g/mol. The molecule has 1 aromatic rings. The van der Waals surface area contributed by atoms with Gasteiger partial charge in [-0.2, -0.15) is 0 Å². The Labute approximate surface area is 188 Å². The van der Waals surface area contributed by atoms with Gasteiger partial charge in [0, 0.05) is 5.92 Å². The first kappa shape index (κ1) is 22.7. The molecular formula is C22H26O11. The van der Waals surface area contributed by atoms with Crippen LogP contribution in [-0.4, -0.2) is 99.5 Å². The van der Waals surface area contributed by atoms with Gasteiger partial charge in [0.1, 0.15) is 42.7 Å². The van der Waals surface area contributed by atoms with Crippen molar-refractivity contribution < 1.29 is 54.0 Å². The molecule has 11 unspecified atom stereocenters. The third-order valence-corrected chi connectivity index (χ3v) is 6.82. The lowest BCUT2D eigenvalue weighted by Gasteiger charge is -2.43. The van der Waals surface area contributed by atoms with Crippen molar-refractivity contribution in [1.82, 2.24) is 0 Å². The summed E-state index contributed by atoms with van der Waals surface area (Å²) >= 11 is 0. The fraction of sp³-hybridized carbons (Fsp3) is 0.591. The second-order valence-electron chi connectivity index (χ2n) is 8.70. The van der Waals surface area contributed by atoms with Gasteiger partial charge in [0.05, 0.1) is 30.5 Å². The maximum Gasteiger partial charge on any atom is 0.338 e. The molecule has 1 aliphatic carbocycles. The molecule has 5 N–H and O–H groups in total. The Balaban J connectivity index is 1.32. The predicted molar refractivity (Wildman–Crippen MR) is 106 cm³/mol. The number of carbonyl (C=O) groups is 1. The number of rotatable bonds is 6. The number of aliphatic hydroxyl groups excluding tert-OH is 5. The number of esters is 1. The van der Waals surface area contributed by atoms with Crippen LogP contribution in [0.4, 0.5) is 0 Å². The average Bonchev–Trinajstić information content (AvgIpc) is 3.52. The lowest BCUT2D eigenvalue weighted by Crippen LogP contribution is -2.60. The number of benzene rings is 1. The van der Waals surface area contributed by atoms with Crippen molar-refractivity contribution >= 4 is 5.97 Å². The molecule has 11 heteroatoms. The minimum Gasteiger partial charge on any atom is -0.472 e. The Bertz CT molecular complexity index is 892. The van der Waals surface area contributed by atoms with Crippen LogP contribution in [0.2, 0.25) is 0 Å². The molecule has 0 bridgehead atoms. The summed E-state index contributed by atoms with van der Waals surface area (Å²) in [5.41, 5.74) is -0.701. The van der Waals surface area contributed by atoms with Crippen LogP contribution < -0.4 is 0 Å². The standard InChI is InChI=1S/C22H26O11/c23-8-12-15(25)16(26)17(27)21(31-12)32-20-13-11(6-7-29-20)14(24)18-22(13,33-18)9-30-19(28)10-4-2-1-3-5-10/h1-7,11-18,20-21,23-27H,8-9H2. The summed E-state index contributed by atoms with van der Waals surface area (Å²) in [4.78, 5) is 12.4. The van der Waals surface area contributed by atoms with Gasteiger partial charge in [0.15, 0.2) is 6.29 Å². The highest BCUT2D eigenvalue weighted by Crippen LogP contribution is 2.60. The number of hydrogen-bond acceptors (Lipinski definition) is 11. The summed E-state index contributed by atoms with van der Waals surface area (Å²) in [6.07, 6.45) is -6.93. The number of epoxide rings is 1. The van der Waals surface area contributed by atoms with Crippen LogP contribution in [0.25, 0.3) is 0 Å². The van der Waals surface area contributed by atoms with E-state index in [-0.39, 0.29) is 6.61 Å². The average molecular weight is 466 g/mol. The topological polar surface area (TPSA) is 168 Å². The molecule has 1 aromatic carbocycles. The van der Waals surface area contributed by atoms with Gasteiger partial charge in [-0.15, -0.1) is 0 Å². The molecule has 0 aromatic heterocycles. The van der Waals surface area contributed by atoms with Crippen LogP contribution in [-0.2, 0) is 23.7 Å². The van der Waals surface area contributed by atoms with E-state index in [0.717, 1.165) is 0 Å². The van der Waals surface area contributed by atoms with E-state index in [4.69, 9.17) is 23.7 Å². The first-order chi connectivity index (χ1) is 15.9. The number of fused-ring (bicyclic) bond motifs is 3. The van der Waals surface area contributed by atoms with E-state index < -0.39 is 79.2 Å². The molecule has 180 valence electrons. The predicted octanol–water partition coefficient (Wildman–Crippen LogP) is -1.73. The van der Waals surface area contributed by atoms with Gasteiger partial charge < -0.3 is 49.2 Å². The number of carbonyl (C=O) groups excluding carboxylic acids is 1. The highest BCUT2D eigenvalue weighted by molar-refractivity contribution is 5.89. The summed E-state index contributed by atoms with van der Waals surface area (Å²) in [7, 11) is 0. The normalized spacial score (nSPS) is 45.6. The molecular weight excluding hydrogens is 440 g/mol. The molecule has 3 fully saturated rings. The third kappa shape index (κ3) is 3.74. The van der Waals surface area contributed by atoms with Crippen molar-refractivity contribution in [2.24, 2.45) is 11.8 Å². The van der Waals surface area contributed by atoms with E-state index in [1.165, 1.54) is 6.26 Å². The Morgan fingerprint density at radius 2 is 1.76 bits per heavy atom. The highest BCUT2D eigenvalue weighted by atomic mass is 16.8. The molecule has 0 amide bonds. The first-order valence-corrected chi connectivity index (χ1v) is 10.7. The molecule has 11 atom stereocenters. The van der Waals surface area contributed by atoms with Gasteiger partial charge in [-0.1, -0.05) is 18.2 Å². The smallest absolute Gasteiger partial charge is 0.338 e. The van der Waals surface area contributed by atoms with Crippen molar-refractivity contribution in [2.75, 3.05) is 13.2 Å². The fourth-order valence-electron chi connectivity index (χ4n) is 4.99.